The number of hydrogen-bond donors (Lipinski definition) is 1. The van der Waals surface area contributed by atoms with Gasteiger partial charge in [-0.25, -0.2) is 14.2 Å². The first-order chi connectivity index (χ1) is 18.4. The maximum absolute atomic E-state index is 12.7. The molecule has 1 N–H and O–H groups in total. The average molecular weight is 534 g/mol. The van der Waals surface area contributed by atoms with Crippen LogP contribution in [0.1, 0.15) is 82.9 Å². The summed E-state index contributed by atoms with van der Waals surface area (Å²) in [5, 5.41) is 11.2. The molecule has 1 aliphatic rings. The average Bonchev–Trinajstić information content (AvgIpc) is 3.23. The molecular formula is C31H39N3O5. The molecule has 0 unspecified atom stereocenters. The van der Waals surface area contributed by atoms with Crippen LogP contribution < -0.4 is 5.56 Å². The van der Waals surface area contributed by atoms with E-state index >= 15 is 0 Å². The summed E-state index contributed by atoms with van der Waals surface area (Å²) in [5.74, 6) is 0.278. The fourth-order valence-corrected chi connectivity index (χ4v) is 5.55. The van der Waals surface area contributed by atoms with Crippen molar-refractivity contribution in [1.82, 2.24) is 14.0 Å². The molecule has 0 spiro atoms. The molecule has 2 aromatic heterocycles. The molecule has 8 nitrogen and oxygen atoms in total. The molecule has 0 aliphatic carbocycles. The maximum Gasteiger partial charge on any atom is 0.416 e. The minimum Gasteiger partial charge on any atom is -0.464 e. The summed E-state index contributed by atoms with van der Waals surface area (Å²) in [7, 11) is 0. The van der Waals surface area contributed by atoms with Crippen molar-refractivity contribution in [3.05, 3.63) is 64.1 Å². The first kappa shape index (κ1) is 28.2. The summed E-state index contributed by atoms with van der Waals surface area (Å²) in [6.07, 6.45) is 3.50. The van der Waals surface area contributed by atoms with Crippen molar-refractivity contribution in [2.24, 2.45) is 0 Å². The highest BCUT2D eigenvalue weighted by Gasteiger charge is 2.29. The predicted octanol–water partition coefficient (Wildman–Crippen LogP) is 6.90. The Morgan fingerprint density at radius 2 is 1.85 bits per heavy atom. The van der Waals surface area contributed by atoms with Gasteiger partial charge in [0.15, 0.2) is 0 Å². The highest BCUT2D eigenvalue weighted by atomic mass is 16.6. The van der Waals surface area contributed by atoms with Crippen molar-refractivity contribution in [3.63, 3.8) is 0 Å². The Bertz CT molecular complexity index is 1480. The van der Waals surface area contributed by atoms with Crippen molar-refractivity contribution in [2.75, 3.05) is 13.1 Å². The molecule has 0 atom stereocenters. The zero-order valence-corrected chi connectivity index (χ0v) is 23.8. The third-order valence-electron chi connectivity index (χ3n) is 7.36. The summed E-state index contributed by atoms with van der Waals surface area (Å²) < 4.78 is 8.47. The lowest BCUT2D eigenvalue weighted by atomic mass is 9.87. The lowest BCUT2D eigenvalue weighted by Gasteiger charge is -2.33. The predicted molar refractivity (Wildman–Crippen MR) is 155 cm³/mol. The van der Waals surface area contributed by atoms with E-state index in [1.54, 1.807) is 21.7 Å². The number of pyridine rings is 1. The van der Waals surface area contributed by atoms with Gasteiger partial charge >= 0.3 is 12.2 Å². The Kier molecular flexibility index (Phi) is 7.77. The maximum atomic E-state index is 12.7. The fraction of sp³-hybridized carbons (Fsp3) is 0.452. The van der Waals surface area contributed by atoms with Gasteiger partial charge in [0.1, 0.15) is 5.60 Å². The smallest absolute Gasteiger partial charge is 0.416 e. The van der Waals surface area contributed by atoms with Crippen LogP contribution in [-0.2, 0) is 11.3 Å². The Hall–Kier alpha value is -3.81. The molecule has 0 bridgehead atoms. The third-order valence-corrected chi connectivity index (χ3v) is 7.36. The number of aromatic nitrogens is 2. The summed E-state index contributed by atoms with van der Waals surface area (Å²) in [4.78, 5) is 39.6. The number of likely N-dealkylation sites (tertiary alicyclic amines) is 1. The van der Waals surface area contributed by atoms with E-state index in [1.807, 2.05) is 39.8 Å². The van der Waals surface area contributed by atoms with Gasteiger partial charge in [-0.3, -0.25) is 4.79 Å². The number of amides is 1. The number of carbonyl (C=O) groups excluding carboxylic acids is 1. The van der Waals surface area contributed by atoms with Crippen LogP contribution in [0.2, 0.25) is 0 Å². The number of carboxylic acid groups (broad SMARTS) is 1. The minimum absolute atomic E-state index is 0.0292. The fourth-order valence-electron chi connectivity index (χ4n) is 5.55. The van der Waals surface area contributed by atoms with E-state index in [0.29, 0.717) is 42.0 Å². The van der Waals surface area contributed by atoms with Crippen LogP contribution in [0.15, 0.2) is 41.8 Å². The Balaban J connectivity index is 1.79. The molecule has 0 radical (unpaired) electrons. The topological polar surface area (TPSA) is 93.8 Å². The number of ether oxygens (including phenoxy) is 1. The molecule has 1 aromatic carbocycles. The number of hydrogen-bond acceptors (Lipinski definition) is 4. The normalized spacial score (nSPS) is 14.7. The zero-order chi connectivity index (χ0) is 28.6. The van der Waals surface area contributed by atoms with Gasteiger partial charge in [-0.05, 0) is 81.7 Å². The molecule has 208 valence electrons. The molecule has 1 aliphatic heterocycles. The van der Waals surface area contributed by atoms with Crippen molar-refractivity contribution in [3.8, 4) is 11.3 Å². The Morgan fingerprint density at radius 3 is 2.38 bits per heavy atom. The first-order valence-corrected chi connectivity index (χ1v) is 13.6. The largest absolute Gasteiger partial charge is 0.464 e. The SMILES string of the molecule is C=Cc1cc(-c2c(C(C)C)c3cc(C4CCN(C(=O)OC(C)(C)C)CC4)ccc3n2C(=O)O)cn(CC)c1=O. The van der Waals surface area contributed by atoms with Crippen LogP contribution in [-0.4, -0.2) is 50.0 Å². The molecule has 0 saturated carbocycles. The number of carbonyl (C=O) groups is 2. The summed E-state index contributed by atoms with van der Waals surface area (Å²) in [6, 6.07) is 7.74. The number of piperidine rings is 1. The van der Waals surface area contributed by atoms with Crippen molar-refractivity contribution < 1.29 is 19.4 Å². The molecule has 1 saturated heterocycles. The van der Waals surface area contributed by atoms with Crippen LogP contribution in [0.25, 0.3) is 28.2 Å². The van der Waals surface area contributed by atoms with Crippen molar-refractivity contribution >= 4 is 29.2 Å². The van der Waals surface area contributed by atoms with Crippen molar-refractivity contribution in [2.45, 2.75) is 78.4 Å². The quantitative estimate of drug-likeness (QED) is 0.385. The van der Waals surface area contributed by atoms with E-state index in [2.05, 4.69) is 26.5 Å². The van der Waals surface area contributed by atoms with E-state index in [1.165, 1.54) is 10.6 Å². The van der Waals surface area contributed by atoms with E-state index in [9.17, 15) is 19.5 Å². The Labute approximate surface area is 229 Å². The van der Waals surface area contributed by atoms with E-state index in [0.717, 1.165) is 29.4 Å². The number of benzene rings is 1. The van der Waals surface area contributed by atoms with Crippen LogP contribution in [0, 0.1) is 0 Å². The highest BCUT2D eigenvalue weighted by Crippen LogP contribution is 2.40. The first-order valence-electron chi connectivity index (χ1n) is 13.6. The number of nitrogens with zero attached hydrogens (tertiary/aromatic N) is 3. The van der Waals surface area contributed by atoms with Gasteiger partial charge in [0, 0.05) is 42.3 Å². The van der Waals surface area contributed by atoms with Crippen LogP contribution in [0.3, 0.4) is 0 Å². The second kappa shape index (κ2) is 10.8. The molecule has 8 heteroatoms. The highest BCUT2D eigenvalue weighted by molar-refractivity contribution is 6.00. The number of rotatable bonds is 5. The standard InChI is InChI=1S/C31H39N3O5/c1-8-20-16-23(18-32(9-2)28(20)35)27-26(19(3)4)24-17-22(10-11-25(24)34(27)29(36)37)21-12-14-33(15-13-21)30(38)39-31(5,6)7/h8,10-11,16-19,21H,1,9,12-15H2,2-7H3,(H,36,37). The van der Waals surface area contributed by atoms with Gasteiger partial charge in [-0.15, -0.1) is 0 Å². The second-order valence-electron chi connectivity index (χ2n) is 11.5. The lowest BCUT2D eigenvalue weighted by molar-refractivity contribution is 0.0205. The van der Waals surface area contributed by atoms with Gasteiger partial charge in [-0.1, -0.05) is 32.6 Å². The van der Waals surface area contributed by atoms with E-state index < -0.39 is 11.7 Å². The van der Waals surface area contributed by atoms with Crippen molar-refractivity contribution in [1.29, 1.82) is 0 Å². The molecular weight excluding hydrogens is 494 g/mol. The van der Waals surface area contributed by atoms with Gasteiger partial charge in [0.25, 0.3) is 5.56 Å². The number of aryl methyl sites for hydroxylation is 1. The summed E-state index contributed by atoms with van der Waals surface area (Å²) >= 11 is 0. The molecule has 1 amide bonds. The molecule has 1 fully saturated rings. The molecule has 39 heavy (non-hydrogen) atoms. The molecule has 4 rings (SSSR count). The summed E-state index contributed by atoms with van der Waals surface area (Å²) in [5.41, 5.74) is 3.67. The summed E-state index contributed by atoms with van der Waals surface area (Å²) in [6.45, 7) is 17.1. The zero-order valence-electron chi connectivity index (χ0n) is 23.8. The van der Waals surface area contributed by atoms with E-state index in [4.69, 9.17) is 4.74 Å². The monoisotopic (exact) mass is 533 g/mol. The molecule has 3 heterocycles. The van der Waals surface area contributed by atoms with Gasteiger partial charge in [0.05, 0.1) is 11.2 Å². The van der Waals surface area contributed by atoms with Crippen LogP contribution in [0.4, 0.5) is 9.59 Å². The van der Waals surface area contributed by atoms with Gasteiger partial charge < -0.3 is 19.3 Å². The van der Waals surface area contributed by atoms with Crippen LogP contribution >= 0.6 is 0 Å². The third kappa shape index (κ3) is 5.51. The second-order valence-corrected chi connectivity index (χ2v) is 11.5. The minimum atomic E-state index is -1.07. The Morgan fingerprint density at radius 1 is 1.18 bits per heavy atom. The molecule has 3 aromatic rings. The van der Waals surface area contributed by atoms with E-state index in [-0.39, 0.29) is 23.5 Å². The van der Waals surface area contributed by atoms with Crippen LogP contribution in [0.5, 0.6) is 0 Å². The van der Waals surface area contributed by atoms with Gasteiger partial charge in [0.2, 0.25) is 0 Å². The lowest BCUT2D eigenvalue weighted by Crippen LogP contribution is -2.41. The van der Waals surface area contributed by atoms with Gasteiger partial charge in [-0.2, -0.15) is 0 Å². The number of fused-ring (bicyclic) bond motifs is 1.